The van der Waals surface area contributed by atoms with Crippen LogP contribution in [0, 0.1) is 0 Å². The van der Waals surface area contributed by atoms with E-state index in [4.69, 9.17) is 0 Å². The maximum atomic E-state index is 11.9. The summed E-state index contributed by atoms with van der Waals surface area (Å²) in [5.41, 5.74) is 1.70. The second-order valence-electron chi connectivity index (χ2n) is 7.23. The molecule has 0 aliphatic carbocycles. The van der Waals surface area contributed by atoms with Crippen molar-refractivity contribution in [3.63, 3.8) is 0 Å². The molecule has 1 radical (unpaired) electrons. The number of hydrogen-bond acceptors (Lipinski definition) is 6. The van der Waals surface area contributed by atoms with Gasteiger partial charge in [0.25, 0.3) is 0 Å². The van der Waals surface area contributed by atoms with E-state index in [2.05, 4.69) is 0 Å². The molecule has 0 saturated carbocycles. The zero-order chi connectivity index (χ0) is 23.5. The van der Waals surface area contributed by atoms with E-state index in [1.165, 1.54) is 18.2 Å². The molecule has 0 amide bonds. The van der Waals surface area contributed by atoms with E-state index in [0.717, 1.165) is 0 Å². The quantitative estimate of drug-likeness (QED) is 0.409. The van der Waals surface area contributed by atoms with Gasteiger partial charge in [0.15, 0.2) is 0 Å². The summed E-state index contributed by atoms with van der Waals surface area (Å²) in [6, 6.07) is 23.4. The number of carbonyl (C=O) groups is 3. The van der Waals surface area contributed by atoms with Crippen molar-refractivity contribution in [2.75, 3.05) is 0 Å². The van der Waals surface area contributed by atoms with Gasteiger partial charge in [0.2, 0.25) is 0 Å². The Morgan fingerprint density at radius 3 is 1.09 bits per heavy atom. The third kappa shape index (κ3) is 4.48. The minimum absolute atomic E-state index is 0. The van der Waals surface area contributed by atoms with Crippen molar-refractivity contribution in [1.29, 1.82) is 0 Å². The number of carbonyl (C=O) groups excluding carboxylic acids is 3. The summed E-state index contributed by atoms with van der Waals surface area (Å²) in [4.78, 5) is 35.6. The third-order valence-electron chi connectivity index (χ3n) is 5.36. The smallest absolute Gasteiger partial charge is 0.545 e. The molecule has 0 unspecified atom stereocenters. The van der Waals surface area contributed by atoms with E-state index < -0.39 is 17.9 Å². The van der Waals surface area contributed by atoms with Crippen molar-refractivity contribution in [3.05, 3.63) is 108 Å². The van der Waals surface area contributed by atoms with Crippen LogP contribution >= 0.6 is 0 Å². The van der Waals surface area contributed by atoms with Crippen LogP contribution in [0.25, 0.3) is 33.4 Å². The number of rotatable bonds is 6. The van der Waals surface area contributed by atoms with Gasteiger partial charge in [-0.1, -0.05) is 91.0 Å². The van der Waals surface area contributed by atoms with E-state index in [-0.39, 0.29) is 39.6 Å². The largest absolute Gasteiger partial charge is 3.00 e. The van der Waals surface area contributed by atoms with Crippen LogP contribution in [-0.2, 0) is 17.4 Å². The third-order valence-corrected chi connectivity index (χ3v) is 5.36. The first-order valence-corrected chi connectivity index (χ1v) is 9.95. The summed E-state index contributed by atoms with van der Waals surface area (Å²) >= 11 is 0. The molecule has 0 atom stereocenters. The molecule has 4 aromatic rings. The predicted molar refractivity (Wildman–Crippen MR) is 116 cm³/mol. The maximum Gasteiger partial charge on any atom is 3.00 e. The summed E-state index contributed by atoms with van der Waals surface area (Å²) in [6.45, 7) is 0. The van der Waals surface area contributed by atoms with Gasteiger partial charge in [-0.15, -0.1) is 0 Å². The van der Waals surface area contributed by atoms with Gasteiger partial charge in [0.05, 0.1) is 17.9 Å². The molecule has 0 heterocycles. The van der Waals surface area contributed by atoms with Crippen molar-refractivity contribution in [2.24, 2.45) is 0 Å². The van der Waals surface area contributed by atoms with Crippen molar-refractivity contribution >= 4 is 17.9 Å². The van der Waals surface area contributed by atoms with Crippen LogP contribution in [0.5, 0.6) is 0 Å². The summed E-state index contributed by atoms with van der Waals surface area (Å²) in [5.74, 6) is -4.22. The molecule has 0 aromatic heterocycles. The normalized spacial score (nSPS) is 10.2. The van der Waals surface area contributed by atoms with Gasteiger partial charge in [-0.25, -0.2) is 0 Å². The fourth-order valence-electron chi connectivity index (χ4n) is 3.96. The molecular weight excluding hydrogens is 472 g/mol. The predicted octanol–water partition coefficient (Wildman–Crippen LogP) is 1.78. The number of hydrogen-bond donors (Lipinski definition) is 0. The van der Waals surface area contributed by atoms with Crippen LogP contribution in [0.4, 0.5) is 0 Å². The minimum Gasteiger partial charge on any atom is -0.545 e. The van der Waals surface area contributed by atoms with Crippen LogP contribution in [0.1, 0.15) is 31.1 Å². The Bertz CT molecular complexity index is 1330. The molecule has 4 rings (SSSR count). The van der Waals surface area contributed by atoms with Gasteiger partial charge >= 0.3 is 17.4 Å². The second kappa shape index (κ2) is 10.2. The Morgan fingerprint density at radius 1 is 0.412 bits per heavy atom. The molecule has 34 heavy (non-hydrogen) atoms. The van der Waals surface area contributed by atoms with Crippen molar-refractivity contribution < 1.29 is 47.1 Å². The molecule has 0 fully saturated rings. The van der Waals surface area contributed by atoms with E-state index in [9.17, 15) is 29.7 Å². The van der Waals surface area contributed by atoms with Gasteiger partial charge in [0, 0.05) is 16.7 Å². The number of carboxylic acids is 3. The molecule has 0 saturated heterocycles. The van der Waals surface area contributed by atoms with Crippen LogP contribution in [0.2, 0.25) is 0 Å². The van der Waals surface area contributed by atoms with Crippen molar-refractivity contribution in [3.8, 4) is 33.4 Å². The molecular formula is C27H15CrO6. The van der Waals surface area contributed by atoms with Crippen molar-refractivity contribution in [2.45, 2.75) is 0 Å². The van der Waals surface area contributed by atoms with Gasteiger partial charge in [-0.05, 0) is 33.4 Å². The zero-order valence-corrected chi connectivity index (χ0v) is 18.8. The molecule has 4 aromatic carbocycles. The maximum absolute atomic E-state index is 11.9. The Hall–Kier alpha value is -4.18. The topological polar surface area (TPSA) is 120 Å². The number of carboxylic acid groups (broad SMARTS) is 3. The van der Waals surface area contributed by atoms with E-state index in [1.54, 1.807) is 72.8 Å². The molecule has 0 N–H and O–H groups in total. The number of aromatic carboxylic acids is 3. The summed E-state index contributed by atoms with van der Waals surface area (Å²) in [7, 11) is 0. The fraction of sp³-hybridized carbons (Fsp3) is 0. The van der Waals surface area contributed by atoms with Gasteiger partial charge in [0.1, 0.15) is 0 Å². The van der Waals surface area contributed by atoms with E-state index in [0.29, 0.717) is 27.8 Å². The molecule has 0 aliphatic heterocycles. The molecule has 0 aliphatic rings. The van der Waals surface area contributed by atoms with Gasteiger partial charge in [-0.3, -0.25) is 0 Å². The Balaban J connectivity index is 0.00000324. The average molecular weight is 487 g/mol. The van der Waals surface area contributed by atoms with Gasteiger partial charge in [-0.2, -0.15) is 0 Å². The Labute approximate surface area is 205 Å². The monoisotopic (exact) mass is 487 g/mol. The first-order valence-electron chi connectivity index (χ1n) is 9.95. The minimum atomic E-state index is -1.42. The summed E-state index contributed by atoms with van der Waals surface area (Å²) in [6.07, 6.45) is 0. The van der Waals surface area contributed by atoms with Gasteiger partial charge < -0.3 is 29.7 Å². The first-order chi connectivity index (χ1) is 15.9. The first kappa shape index (κ1) is 24.5. The molecule has 7 heteroatoms. The van der Waals surface area contributed by atoms with E-state index in [1.807, 2.05) is 0 Å². The zero-order valence-electron chi connectivity index (χ0n) is 17.5. The summed E-state index contributed by atoms with van der Waals surface area (Å²) in [5, 5.41) is 35.6. The standard InChI is InChI=1S/C27H18O6.Cr/c28-25(29)21-11-4-1-8-16(21)18-14-7-15-19(17-9-2-5-12-22(17)26(30)31)24(18)20-10-3-6-13-23(20)27(32)33;/h1-15H,(H,28,29)(H,30,31)(H,32,33);/q;+3/p-3. The molecule has 6 nitrogen and oxygen atoms in total. The molecule has 165 valence electrons. The van der Waals surface area contributed by atoms with Crippen LogP contribution in [0.3, 0.4) is 0 Å². The average Bonchev–Trinajstić information content (AvgIpc) is 2.83. The van der Waals surface area contributed by atoms with Crippen LogP contribution in [-0.4, -0.2) is 17.9 Å². The Morgan fingerprint density at radius 2 is 0.706 bits per heavy atom. The van der Waals surface area contributed by atoms with Crippen LogP contribution < -0.4 is 15.3 Å². The number of benzene rings is 4. The second-order valence-corrected chi connectivity index (χ2v) is 7.23. The molecule has 0 spiro atoms. The van der Waals surface area contributed by atoms with E-state index >= 15 is 0 Å². The summed E-state index contributed by atoms with van der Waals surface area (Å²) < 4.78 is 0. The SMILES string of the molecule is O=C([O-])c1ccccc1-c1cccc(-c2ccccc2C(=O)[O-])c1-c1ccccc1C(=O)[O-].[Cr+3]. The van der Waals surface area contributed by atoms with Crippen LogP contribution in [0.15, 0.2) is 91.0 Å². The Kier molecular flexibility index (Phi) is 7.32. The fourth-order valence-corrected chi connectivity index (χ4v) is 3.96. The van der Waals surface area contributed by atoms with Crippen molar-refractivity contribution in [1.82, 2.24) is 0 Å². The molecule has 0 bridgehead atoms.